The van der Waals surface area contributed by atoms with Gasteiger partial charge in [-0.15, -0.1) is 0 Å². The van der Waals surface area contributed by atoms with Gasteiger partial charge in [0, 0.05) is 0 Å². The predicted octanol–water partition coefficient (Wildman–Crippen LogP) is 2.28. The molecule has 0 aliphatic rings. The first kappa shape index (κ1) is 9.03. The fourth-order valence-electron chi connectivity index (χ4n) is 0.835. The second-order valence-electron chi connectivity index (χ2n) is 2.36. The Labute approximate surface area is 74.5 Å². The summed E-state index contributed by atoms with van der Waals surface area (Å²) in [5, 5.41) is 8.35. The summed E-state index contributed by atoms with van der Waals surface area (Å²) in [5.74, 6) is -0.847. The minimum absolute atomic E-state index is 0.157. The zero-order valence-corrected chi connectivity index (χ0v) is 7.13. The Morgan fingerprint density at radius 1 is 1.58 bits per heavy atom. The lowest BCUT2D eigenvalue weighted by atomic mass is 10.1. The second-order valence-corrected chi connectivity index (χ2v) is 2.77. The molecule has 0 saturated heterocycles. The van der Waals surface area contributed by atoms with E-state index >= 15 is 0 Å². The summed E-state index contributed by atoms with van der Waals surface area (Å²) in [6.45, 7) is 1.85. The van der Waals surface area contributed by atoms with E-state index in [1.807, 2.05) is 6.92 Å². The van der Waals surface area contributed by atoms with E-state index in [1.54, 1.807) is 12.1 Å². The maximum atomic E-state index is 10.8. The van der Waals surface area contributed by atoms with E-state index in [1.165, 1.54) is 6.07 Å². The minimum atomic E-state index is -0.847. The van der Waals surface area contributed by atoms with Gasteiger partial charge in [-0.3, -0.25) is 4.89 Å². The van der Waals surface area contributed by atoms with Gasteiger partial charge >= 0.3 is 5.97 Å². The molecule has 1 aromatic carbocycles. The SMILES string of the molecule is Cc1ccc(C(=O)OO)c(Cl)c1. The fraction of sp³-hybridized carbons (Fsp3) is 0.125. The number of benzene rings is 1. The van der Waals surface area contributed by atoms with Gasteiger partial charge < -0.3 is 0 Å². The van der Waals surface area contributed by atoms with Crippen LogP contribution in [0.15, 0.2) is 18.2 Å². The molecular weight excluding hydrogens is 180 g/mol. The van der Waals surface area contributed by atoms with Gasteiger partial charge in [-0.25, -0.2) is 4.79 Å². The van der Waals surface area contributed by atoms with Crippen molar-refractivity contribution in [1.29, 1.82) is 0 Å². The second kappa shape index (κ2) is 3.56. The molecule has 0 aromatic heterocycles. The average molecular weight is 187 g/mol. The number of carbonyl (C=O) groups is 1. The number of aryl methyl sites for hydroxylation is 1. The molecule has 0 aliphatic heterocycles. The van der Waals surface area contributed by atoms with Crippen molar-refractivity contribution in [3.8, 4) is 0 Å². The highest BCUT2D eigenvalue weighted by molar-refractivity contribution is 6.33. The number of carbonyl (C=O) groups excluding carboxylic acids is 1. The van der Waals surface area contributed by atoms with E-state index in [2.05, 4.69) is 4.89 Å². The normalized spacial score (nSPS) is 9.58. The smallest absolute Gasteiger partial charge is 0.295 e. The maximum Gasteiger partial charge on any atom is 0.374 e. The van der Waals surface area contributed by atoms with Crippen molar-refractivity contribution in [1.82, 2.24) is 0 Å². The molecule has 0 fully saturated rings. The highest BCUT2D eigenvalue weighted by atomic mass is 35.5. The topological polar surface area (TPSA) is 46.5 Å². The van der Waals surface area contributed by atoms with Gasteiger partial charge in [0.15, 0.2) is 0 Å². The molecule has 12 heavy (non-hydrogen) atoms. The van der Waals surface area contributed by atoms with Crippen molar-refractivity contribution in [3.63, 3.8) is 0 Å². The molecule has 1 aromatic rings. The summed E-state index contributed by atoms with van der Waals surface area (Å²) in [7, 11) is 0. The van der Waals surface area contributed by atoms with Crippen LogP contribution in [0.2, 0.25) is 5.02 Å². The standard InChI is InChI=1S/C8H7ClO3/c1-5-2-3-6(7(9)4-5)8(10)12-11/h2-4,11H,1H3. The van der Waals surface area contributed by atoms with Gasteiger partial charge in [-0.2, -0.15) is 5.26 Å². The molecule has 64 valence electrons. The van der Waals surface area contributed by atoms with E-state index in [9.17, 15) is 4.79 Å². The summed E-state index contributed by atoms with van der Waals surface area (Å²) in [5.41, 5.74) is 1.10. The van der Waals surface area contributed by atoms with Crippen molar-refractivity contribution in [2.24, 2.45) is 0 Å². The van der Waals surface area contributed by atoms with Crippen LogP contribution < -0.4 is 0 Å². The summed E-state index contributed by atoms with van der Waals surface area (Å²) in [6.07, 6.45) is 0. The Hall–Kier alpha value is -1.06. The molecule has 0 atom stereocenters. The predicted molar refractivity (Wildman–Crippen MR) is 44.2 cm³/mol. The molecule has 1 N–H and O–H groups in total. The molecule has 0 spiro atoms. The molecule has 0 heterocycles. The summed E-state index contributed by atoms with van der Waals surface area (Å²) < 4.78 is 0. The Kier molecular flexibility index (Phi) is 2.68. The molecule has 4 heteroatoms. The van der Waals surface area contributed by atoms with Crippen LogP contribution in [0.5, 0.6) is 0 Å². The molecule has 0 saturated carbocycles. The monoisotopic (exact) mass is 186 g/mol. The first-order chi connectivity index (χ1) is 5.65. The summed E-state index contributed by atoms with van der Waals surface area (Å²) in [4.78, 5) is 14.3. The van der Waals surface area contributed by atoms with Crippen LogP contribution in [0.1, 0.15) is 15.9 Å². The fourth-order valence-corrected chi connectivity index (χ4v) is 1.15. The van der Waals surface area contributed by atoms with Crippen molar-refractivity contribution < 1.29 is 14.9 Å². The van der Waals surface area contributed by atoms with Crippen LogP contribution in [0, 0.1) is 6.92 Å². The lowest BCUT2D eigenvalue weighted by Gasteiger charge is -2.00. The molecule has 0 amide bonds. The lowest BCUT2D eigenvalue weighted by Crippen LogP contribution is -2.02. The third-order valence-corrected chi connectivity index (χ3v) is 1.74. The Morgan fingerprint density at radius 3 is 2.75 bits per heavy atom. The first-order valence-electron chi connectivity index (χ1n) is 3.27. The summed E-state index contributed by atoms with van der Waals surface area (Å²) >= 11 is 5.69. The van der Waals surface area contributed by atoms with E-state index in [0.717, 1.165) is 5.56 Å². The first-order valence-corrected chi connectivity index (χ1v) is 3.65. The molecule has 0 radical (unpaired) electrons. The van der Waals surface area contributed by atoms with Gasteiger partial charge in [0.2, 0.25) is 0 Å². The zero-order valence-electron chi connectivity index (χ0n) is 6.37. The average Bonchev–Trinajstić information content (AvgIpc) is 2.03. The van der Waals surface area contributed by atoms with Crippen molar-refractivity contribution >= 4 is 17.6 Å². The van der Waals surface area contributed by atoms with Crippen LogP contribution in [0.3, 0.4) is 0 Å². The Bertz CT molecular complexity index is 309. The van der Waals surface area contributed by atoms with Gasteiger partial charge in [-0.1, -0.05) is 17.7 Å². The number of rotatable bonds is 1. The van der Waals surface area contributed by atoms with Gasteiger partial charge in [-0.05, 0) is 24.6 Å². The third kappa shape index (κ3) is 1.75. The zero-order chi connectivity index (χ0) is 9.14. The Balaban J connectivity index is 3.09. The van der Waals surface area contributed by atoms with E-state index in [0.29, 0.717) is 0 Å². The highest BCUT2D eigenvalue weighted by Crippen LogP contribution is 2.17. The van der Waals surface area contributed by atoms with Crippen molar-refractivity contribution in [2.45, 2.75) is 6.92 Å². The third-order valence-electron chi connectivity index (χ3n) is 1.43. The van der Waals surface area contributed by atoms with Crippen molar-refractivity contribution in [2.75, 3.05) is 0 Å². The number of hydrogen-bond acceptors (Lipinski definition) is 3. The van der Waals surface area contributed by atoms with Gasteiger partial charge in [0.1, 0.15) is 0 Å². The van der Waals surface area contributed by atoms with Crippen LogP contribution in [-0.2, 0) is 4.89 Å². The van der Waals surface area contributed by atoms with E-state index < -0.39 is 5.97 Å². The van der Waals surface area contributed by atoms with Crippen LogP contribution in [-0.4, -0.2) is 11.2 Å². The molecule has 3 nitrogen and oxygen atoms in total. The van der Waals surface area contributed by atoms with Gasteiger partial charge in [0.05, 0.1) is 10.6 Å². The van der Waals surface area contributed by atoms with E-state index in [4.69, 9.17) is 16.9 Å². The minimum Gasteiger partial charge on any atom is -0.295 e. The Morgan fingerprint density at radius 2 is 2.25 bits per heavy atom. The quantitative estimate of drug-likeness (QED) is 0.541. The highest BCUT2D eigenvalue weighted by Gasteiger charge is 2.10. The maximum absolute atomic E-state index is 10.8. The summed E-state index contributed by atoms with van der Waals surface area (Å²) in [6, 6.07) is 4.82. The molecule has 0 bridgehead atoms. The molecule has 0 aliphatic carbocycles. The van der Waals surface area contributed by atoms with Crippen molar-refractivity contribution in [3.05, 3.63) is 34.3 Å². The lowest BCUT2D eigenvalue weighted by molar-refractivity contribution is -0.182. The number of halogens is 1. The molecule has 1 rings (SSSR count). The number of hydrogen-bond donors (Lipinski definition) is 1. The molecular formula is C8H7ClO3. The van der Waals surface area contributed by atoms with Crippen LogP contribution in [0.4, 0.5) is 0 Å². The van der Waals surface area contributed by atoms with Crippen LogP contribution >= 0.6 is 11.6 Å². The van der Waals surface area contributed by atoms with Crippen LogP contribution in [0.25, 0.3) is 0 Å². The largest absolute Gasteiger partial charge is 0.374 e. The van der Waals surface area contributed by atoms with Gasteiger partial charge in [0.25, 0.3) is 0 Å². The van der Waals surface area contributed by atoms with E-state index in [-0.39, 0.29) is 10.6 Å². The molecule has 0 unspecified atom stereocenters.